The summed E-state index contributed by atoms with van der Waals surface area (Å²) in [6.45, 7) is 0.106. The molecule has 0 radical (unpaired) electrons. The van der Waals surface area contributed by atoms with E-state index in [1.807, 2.05) is 30.3 Å². The first-order chi connectivity index (χ1) is 15.3. The molecule has 2 amide bonds. The van der Waals surface area contributed by atoms with Crippen LogP contribution in [0.15, 0.2) is 48.5 Å². The Morgan fingerprint density at radius 1 is 1.03 bits per heavy atom. The minimum absolute atomic E-state index is 0.170. The number of aliphatic carboxylic acids is 1. The van der Waals surface area contributed by atoms with Crippen LogP contribution in [0, 0.1) is 0 Å². The first-order valence-corrected chi connectivity index (χ1v) is 10.7. The van der Waals surface area contributed by atoms with Crippen molar-refractivity contribution in [2.75, 3.05) is 13.2 Å². The highest BCUT2D eigenvalue weighted by Crippen LogP contribution is 2.27. The van der Waals surface area contributed by atoms with Gasteiger partial charge in [0.25, 0.3) is 5.91 Å². The van der Waals surface area contributed by atoms with Gasteiger partial charge in [-0.1, -0.05) is 53.5 Å². The fraction of sp³-hybridized carbons (Fsp3) is 0.318. The fourth-order valence-electron chi connectivity index (χ4n) is 2.67. The molecule has 3 N–H and O–H groups in total. The lowest BCUT2D eigenvalue weighted by Gasteiger charge is -2.15. The molecule has 32 heavy (non-hydrogen) atoms. The summed E-state index contributed by atoms with van der Waals surface area (Å²) in [5.41, 5.74) is 0.880. The van der Waals surface area contributed by atoms with Crippen LogP contribution in [0.3, 0.4) is 0 Å². The lowest BCUT2D eigenvalue weighted by atomic mass is 10.1. The van der Waals surface area contributed by atoms with Crippen molar-refractivity contribution in [3.05, 3.63) is 64.1 Å². The summed E-state index contributed by atoms with van der Waals surface area (Å²) in [6.07, 6.45) is 0.649. The lowest BCUT2D eigenvalue weighted by molar-refractivity contribution is -0.142. The standard InChI is InChI=1S/C22H24Cl2N2O6/c23-16-9-10-19(17(24)12-16)31-14-20(27)26-18(21(28)29)8-4-5-11-25-22(30)32-13-15-6-2-1-3-7-15/h1-3,6-7,9-10,12,18H,4-5,8,11,13-14H2,(H,25,30)(H,26,27)(H,28,29). The Kier molecular flexibility index (Phi) is 10.6. The Balaban J connectivity index is 1.63. The maximum Gasteiger partial charge on any atom is 0.407 e. The van der Waals surface area contributed by atoms with Crippen LogP contribution in [-0.4, -0.2) is 42.3 Å². The van der Waals surface area contributed by atoms with Crippen molar-refractivity contribution in [2.24, 2.45) is 0 Å². The van der Waals surface area contributed by atoms with Gasteiger partial charge in [0.05, 0.1) is 5.02 Å². The highest BCUT2D eigenvalue weighted by molar-refractivity contribution is 6.35. The summed E-state index contributed by atoms with van der Waals surface area (Å²) < 4.78 is 10.4. The average molecular weight is 483 g/mol. The summed E-state index contributed by atoms with van der Waals surface area (Å²) >= 11 is 11.8. The van der Waals surface area contributed by atoms with Crippen LogP contribution >= 0.6 is 23.2 Å². The number of unbranched alkanes of at least 4 members (excludes halogenated alkanes) is 1. The predicted octanol–water partition coefficient (Wildman–Crippen LogP) is 4.04. The predicted molar refractivity (Wildman–Crippen MR) is 120 cm³/mol. The second-order valence-electron chi connectivity index (χ2n) is 6.81. The van der Waals surface area contributed by atoms with Gasteiger partial charge >= 0.3 is 12.1 Å². The van der Waals surface area contributed by atoms with Gasteiger partial charge in [0, 0.05) is 11.6 Å². The molecule has 0 aliphatic heterocycles. The van der Waals surface area contributed by atoms with Gasteiger partial charge in [0.15, 0.2) is 6.61 Å². The smallest absolute Gasteiger partial charge is 0.407 e. The number of rotatable bonds is 12. The number of amides is 2. The Morgan fingerprint density at radius 2 is 1.78 bits per heavy atom. The van der Waals surface area contributed by atoms with Gasteiger partial charge in [-0.25, -0.2) is 9.59 Å². The van der Waals surface area contributed by atoms with Crippen LogP contribution in [-0.2, 0) is 20.9 Å². The van der Waals surface area contributed by atoms with Gasteiger partial charge in [-0.2, -0.15) is 0 Å². The summed E-state index contributed by atoms with van der Waals surface area (Å²) in [7, 11) is 0. The van der Waals surface area contributed by atoms with Gasteiger partial charge in [0.2, 0.25) is 0 Å². The molecule has 0 saturated carbocycles. The number of nitrogens with one attached hydrogen (secondary N) is 2. The van der Waals surface area contributed by atoms with Crippen LogP contribution < -0.4 is 15.4 Å². The van der Waals surface area contributed by atoms with Crippen LogP contribution in [0.4, 0.5) is 4.79 Å². The molecule has 2 rings (SSSR count). The Hall–Kier alpha value is -2.97. The number of carboxylic acids is 1. The summed E-state index contributed by atoms with van der Waals surface area (Å²) in [5, 5.41) is 15.0. The number of hydrogen-bond acceptors (Lipinski definition) is 5. The molecule has 2 aromatic carbocycles. The van der Waals surface area contributed by atoms with Crippen LogP contribution in [0.2, 0.25) is 10.0 Å². The summed E-state index contributed by atoms with van der Waals surface area (Å²) in [5.74, 6) is -1.48. The monoisotopic (exact) mass is 482 g/mol. The summed E-state index contributed by atoms with van der Waals surface area (Å²) in [4.78, 5) is 35.1. The Bertz CT molecular complexity index is 911. The second-order valence-corrected chi connectivity index (χ2v) is 7.65. The van der Waals surface area contributed by atoms with E-state index in [1.165, 1.54) is 12.1 Å². The van der Waals surface area contributed by atoms with Crippen molar-refractivity contribution in [3.63, 3.8) is 0 Å². The van der Waals surface area contributed by atoms with Crippen molar-refractivity contribution in [2.45, 2.75) is 31.9 Å². The molecule has 1 atom stereocenters. The molecule has 0 fully saturated rings. The van der Waals surface area contributed by atoms with E-state index in [0.29, 0.717) is 24.4 Å². The number of hydrogen-bond donors (Lipinski definition) is 3. The second kappa shape index (κ2) is 13.4. The molecular weight excluding hydrogens is 459 g/mol. The van der Waals surface area contributed by atoms with E-state index in [-0.39, 0.29) is 30.4 Å². The van der Waals surface area contributed by atoms with Crippen LogP contribution in [0.1, 0.15) is 24.8 Å². The van der Waals surface area contributed by atoms with Crippen molar-refractivity contribution < 1.29 is 29.0 Å². The molecule has 0 spiro atoms. The van der Waals surface area contributed by atoms with E-state index in [2.05, 4.69) is 10.6 Å². The first-order valence-electron chi connectivity index (χ1n) is 9.89. The van der Waals surface area contributed by atoms with Crippen LogP contribution in [0.5, 0.6) is 5.75 Å². The third-order valence-electron chi connectivity index (χ3n) is 4.29. The molecule has 2 aromatic rings. The SMILES string of the molecule is O=C(COc1ccc(Cl)cc1Cl)NC(CCCCNC(=O)OCc1ccccc1)C(=O)O. The summed E-state index contributed by atoms with van der Waals surface area (Å²) in [6, 6.07) is 12.8. The third-order valence-corrected chi connectivity index (χ3v) is 4.82. The number of carboxylic acid groups (broad SMARTS) is 1. The molecule has 0 aliphatic carbocycles. The molecule has 10 heteroatoms. The number of carbonyl (C=O) groups is 3. The molecule has 0 heterocycles. The zero-order valence-corrected chi connectivity index (χ0v) is 18.7. The van der Waals surface area contributed by atoms with Gasteiger partial charge in [-0.3, -0.25) is 4.79 Å². The van der Waals surface area contributed by atoms with Crippen LogP contribution in [0.25, 0.3) is 0 Å². The van der Waals surface area contributed by atoms with E-state index < -0.39 is 24.0 Å². The largest absolute Gasteiger partial charge is 0.482 e. The maximum atomic E-state index is 12.0. The highest BCUT2D eigenvalue weighted by Gasteiger charge is 2.20. The number of alkyl carbamates (subject to hydrolysis) is 1. The average Bonchev–Trinajstić information content (AvgIpc) is 2.76. The molecule has 172 valence electrons. The number of halogens is 2. The lowest BCUT2D eigenvalue weighted by Crippen LogP contribution is -2.43. The minimum Gasteiger partial charge on any atom is -0.482 e. The first kappa shape index (κ1) is 25.3. The third kappa shape index (κ3) is 9.45. The molecule has 1 unspecified atom stereocenters. The van der Waals surface area contributed by atoms with E-state index in [0.717, 1.165) is 5.56 Å². The number of carbonyl (C=O) groups excluding carboxylic acids is 2. The quantitative estimate of drug-likeness (QED) is 0.393. The van der Waals surface area contributed by atoms with Crippen molar-refractivity contribution in [1.82, 2.24) is 10.6 Å². The maximum absolute atomic E-state index is 12.0. The van der Waals surface area contributed by atoms with Gasteiger partial charge in [-0.05, 0) is 43.0 Å². The zero-order chi connectivity index (χ0) is 23.3. The molecular formula is C22H24Cl2N2O6. The Morgan fingerprint density at radius 3 is 2.47 bits per heavy atom. The van der Waals surface area contributed by atoms with Crippen molar-refractivity contribution >= 4 is 41.2 Å². The molecule has 8 nitrogen and oxygen atoms in total. The molecule has 0 bridgehead atoms. The Labute approximate surface area is 195 Å². The van der Waals surface area contributed by atoms with Crippen molar-refractivity contribution in [3.8, 4) is 5.75 Å². The molecule has 0 saturated heterocycles. The topological polar surface area (TPSA) is 114 Å². The van der Waals surface area contributed by atoms with E-state index in [4.69, 9.17) is 32.7 Å². The van der Waals surface area contributed by atoms with E-state index in [9.17, 15) is 19.5 Å². The van der Waals surface area contributed by atoms with Gasteiger partial charge in [0.1, 0.15) is 18.4 Å². The van der Waals surface area contributed by atoms with E-state index in [1.54, 1.807) is 6.07 Å². The normalized spacial score (nSPS) is 11.3. The van der Waals surface area contributed by atoms with Gasteiger partial charge in [-0.15, -0.1) is 0 Å². The number of benzene rings is 2. The molecule has 0 aromatic heterocycles. The minimum atomic E-state index is -1.15. The van der Waals surface area contributed by atoms with E-state index >= 15 is 0 Å². The molecule has 0 aliphatic rings. The zero-order valence-electron chi connectivity index (χ0n) is 17.2. The van der Waals surface area contributed by atoms with Gasteiger partial charge < -0.3 is 25.2 Å². The highest BCUT2D eigenvalue weighted by atomic mass is 35.5. The fourth-order valence-corrected chi connectivity index (χ4v) is 3.13. The number of ether oxygens (including phenoxy) is 2. The van der Waals surface area contributed by atoms with Crippen molar-refractivity contribution in [1.29, 1.82) is 0 Å².